The molecule has 0 rings (SSSR count). The first kappa shape index (κ1) is 31.2. The zero-order valence-corrected chi connectivity index (χ0v) is 19.9. The second kappa shape index (κ2) is 16.8. The Morgan fingerprint density at radius 3 is 1.56 bits per heavy atom. The van der Waals surface area contributed by atoms with Crippen LogP contribution in [-0.2, 0) is 24.0 Å². The van der Waals surface area contributed by atoms with Crippen LogP contribution >= 0.6 is 0 Å². The molecule has 13 nitrogen and oxygen atoms in total. The molecule has 0 aromatic heterocycles. The zero-order chi connectivity index (χ0) is 26.3. The molecule has 0 saturated heterocycles. The molecule has 0 radical (unpaired) electrons. The number of nitrogens with one attached hydrogen (secondary N) is 3. The summed E-state index contributed by atoms with van der Waals surface area (Å²) in [7, 11) is 0. The van der Waals surface area contributed by atoms with E-state index in [1.807, 2.05) is 0 Å². The number of amides is 3. The standard InChI is InChI=1S/C21H40N6O7/c1-12(2)17(21(33)34)27-20(32)15(8-4-6-10-23)26-19(31)14(7-3-5-9-22)25-18(30)13(24)11-16(28)29/h12-15,17H,3-11,22-24H2,1-2H3,(H,25,30)(H,26,31)(H,27,32)(H,28,29)(H,33,34). The van der Waals surface area contributed by atoms with Crippen LogP contribution in [0, 0.1) is 5.92 Å². The predicted molar refractivity (Wildman–Crippen MR) is 124 cm³/mol. The molecule has 0 fully saturated rings. The van der Waals surface area contributed by atoms with Gasteiger partial charge in [-0.3, -0.25) is 19.2 Å². The van der Waals surface area contributed by atoms with Crippen molar-refractivity contribution in [2.75, 3.05) is 13.1 Å². The molecule has 0 bridgehead atoms. The first-order valence-corrected chi connectivity index (χ1v) is 11.5. The minimum atomic E-state index is -1.35. The molecule has 0 aromatic rings. The van der Waals surface area contributed by atoms with E-state index in [4.69, 9.17) is 22.3 Å². The molecular formula is C21H40N6O7. The predicted octanol–water partition coefficient (Wildman–Crippen LogP) is -1.76. The van der Waals surface area contributed by atoms with Crippen LogP contribution in [0.5, 0.6) is 0 Å². The average molecular weight is 489 g/mol. The summed E-state index contributed by atoms with van der Waals surface area (Å²) >= 11 is 0. The molecule has 0 aliphatic heterocycles. The summed E-state index contributed by atoms with van der Waals surface area (Å²) in [5.41, 5.74) is 16.6. The van der Waals surface area contributed by atoms with Crippen LogP contribution in [-0.4, -0.2) is 77.1 Å². The highest BCUT2D eigenvalue weighted by molar-refractivity contribution is 5.94. The third-order valence-corrected chi connectivity index (χ3v) is 5.12. The Bertz CT molecular complexity index is 689. The number of carboxylic acids is 2. The molecule has 34 heavy (non-hydrogen) atoms. The first-order valence-electron chi connectivity index (χ1n) is 11.5. The van der Waals surface area contributed by atoms with Gasteiger partial charge in [-0.25, -0.2) is 4.79 Å². The van der Waals surface area contributed by atoms with E-state index in [0.717, 1.165) is 0 Å². The molecule has 13 heteroatoms. The number of hydrogen-bond acceptors (Lipinski definition) is 8. The minimum Gasteiger partial charge on any atom is -0.481 e. The fraction of sp³-hybridized carbons (Fsp3) is 0.762. The molecule has 4 unspecified atom stereocenters. The maximum Gasteiger partial charge on any atom is 0.326 e. The fourth-order valence-electron chi connectivity index (χ4n) is 3.12. The second-order valence-electron chi connectivity index (χ2n) is 8.46. The molecule has 0 saturated carbocycles. The number of carboxylic acid groups (broad SMARTS) is 2. The van der Waals surface area contributed by atoms with Crippen LogP contribution in [0.4, 0.5) is 0 Å². The highest BCUT2D eigenvalue weighted by Gasteiger charge is 2.31. The van der Waals surface area contributed by atoms with Crippen LogP contribution in [0.15, 0.2) is 0 Å². The second-order valence-corrected chi connectivity index (χ2v) is 8.46. The van der Waals surface area contributed by atoms with Crippen LogP contribution < -0.4 is 33.2 Å². The number of hydrogen-bond donors (Lipinski definition) is 8. The molecule has 0 aliphatic carbocycles. The van der Waals surface area contributed by atoms with Crippen molar-refractivity contribution in [1.82, 2.24) is 16.0 Å². The number of carbonyl (C=O) groups is 5. The zero-order valence-electron chi connectivity index (χ0n) is 19.9. The van der Waals surface area contributed by atoms with Gasteiger partial charge in [0.1, 0.15) is 18.1 Å². The Morgan fingerprint density at radius 1 is 0.735 bits per heavy atom. The van der Waals surface area contributed by atoms with Gasteiger partial charge in [0.25, 0.3) is 0 Å². The fourth-order valence-corrected chi connectivity index (χ4v) is 3.12. The third-order valence-electron chi connectivity index (χ3n) is 5.12. The van der Waals surface area contributed by atoms with Crippen molar-refractivity contribution in [2.45, 2.75) is 83.0 Å². The molecule has 4 atom stereocenters. The Labute approximate surface area is 199 Å². The van der Waals surface area contributed by atoms with Gasteiger partial charge in [-0.15, -0.1) is 0 Å². The third kappa shape index (κ3) is 12.5. The summed E-state index contributed by atoms with van der Waals surface area (Å²) < 4.78 is 0. The van der Waals surface area contributed by atoms with E-state index in [1.54, 1.807) is 13.8 Å². The van der Waals surface area contributed by atoms with Gasteiger partial charge in [-0.2, -0.15) is 0 Å². The summed E-state index contributed by atoms with van der Waals surface area (Å²) in [6, 6.07) is -4.63. The number of aliphatic carboxylic acids is 2. The summed E-state index contributed by atoms with van der Waals surface area (Å²) in [6.07, 6.45) is 1.95. The smallest absolute Gasteiger partial charge is 0.326 e. The van der Waals surface area contributed by atoms with Crippen molar-refractivity contribution in [3.8, 4) is 0 Å². The number of nitrogens with two attached hydrogens (primary N) is 3. The van der Waals surface area contributed by atoms with Crippen LogP contribution in [0.1, 0.15) is 58.8 Å². The number of unbranched alkanes of at least 4 members (excludes halogenated alkanes) is 2. The van der Waals surface area contributed by atoms with Gasteiger partial charge in [0.2, 0.25) is 17.7 Å². The SMILES string of the molecule is CC(C)C(NC(=O)C(CCCCN)NC(=O)C(CCCCN)NC(=O)C(N)CC(=O)O)C(=O)O. The summed E-state index contributed by atoms with van der Waals surface area (Å²) in [5.74, 6) is -5.00. The van der Waals surface area contributed by atoms with E-state index in [2.05, 4.69) is 16.0 Å². The van der Waals surface area contributed by atoms with E-state index >= 15 is 0 Å². The normalized spacial score (nSPS) is 14.5. The Morgan fingerprint density at radius 2 is 1.18 bits per heavy atom. The topological polar surface area (TPSA) is 240 Å². The maximum absolute atomic E-state index is 13.0. The molecule has 0 heterocycles. The molecule has 0 aromatic carbocycles. The van der Waals surface area contributed by atoms with E-state index < -0.39 is 60.2 Å². The minimum absolute atomic E-state index is 0.190. The highest BCUT2D eigenvalue weighted by atomic mass is 16.4. The van der Waals surface area contributed by atoms with E-state index in [0.29, 0.717) is 38.8 Å². The van der Waals surface area contributed by atoms with Crippen molar-refractivity contribution < 1.29 is 34.2 Å². The Kier molecular flexibility index (Phi) is 15.4. The van der Waals surface area contributed by atoms with E-state index in [1.165, 1.54) is 0 Å². The van der Waals surface area contributed by atoms with E-state index in [-0.39, 0.29) is 18.8 Å². The van der Waals surface area contributed by atoms with Gasteiger partial charge in [-0.1, -0.05) is 13.8 Å². The van der Waals surface area contributed by atoms with Gasteiger partial charge < -0.3 is 43.4 Å². The number of carbonyl (C=O) groups excluding carboxylic acids is 3. The van der Waals surface area contributed by atoms with Crippen molar-refractivity contribution in [3.63, 3.8) is 0 Å². The van der Waals surface area contributed by atoms with Crippen LogP contribution in [0.3, 0.4) is 0 Å². The van der Waals surface area contributed by atoms with Gasteiger partial charge >= 0.3 is 11.9 Å². The summed E-state index contributed by atoms with van der Waals surface area (Å²) in [6.45, 7) is 4.04. The van der Waals surface area contributed by atoms with Crippen molar-refractivity contribution in [1.29, 1.82) is 0 Å². The lowest BCUT2D eigenvalue weighted by atomic mass is 10.0. The lowest BCUT2D eigenvalue weighted by Gasteiger charge is -2.26. The molecule has 196 valence electrons. The van der Waals surface area contributed by atoms with Crippen molar-refractivity contribution >= 4 is 29.7 Å². The van der Waals surface area contributed by atoms with Crippen LogP contribution in [0.2, 0.25) is 0 Å². The molecule has 0 aliphatic rings. The van der Waals surface area contributed by atoms with E-state index in [9.17, 15) is 29.1 Å². The lowest BCUT2D eigenvalue weighted by molar-refractivity contribution is -0.143. The first-order chi connectivity index (χ1) is 15.9. The van der Waals surface area contributed by atoms with Gasteiger partial charge in [-0.05, 0) is 57.5 Å². The monoisotopic (exact) mass is 488 g/mol. The van der Waals surface area contributed by atoms with Gasteiger partial charge in [0.15, 0.2) is 0 Å². The van der Waals surface area contributed by atoms with Gasteiger partial charge in [0.05, 0.1) is 12.5 Å². The highest BCUT2D eigenvalue weighted by Crippen LogP contribution is 2.08. The average Bonchev–Trinajstić information content (AvgIpc) is 2.74. The largest absolute Gasteiger partial charge is 0.481 e. The summed E-state index contributed by atoms with van der Waals surface area (Å²) in [4.78, 5) is 60.4. The van der Waals surface area contributed by atoms with Crippen LogP contribution in [0.25, 0.3) is 0 Å². The summed E-state index contributed by atoms with van der Waals surface area (Å²) in [5, 5.41) is 25.7. The van der Waals surface area contributed by atoms with Crippen molar-refractivity contribution in [2.24, 2.45) is 23.1 Å². The van der Waals surface area contributed by atoms with Gasteiger partial charge in [0, 0.05) is 0 Å². The molecule has 0 spiro atoms. The molecule has 3 amide bonds. The lowest BCUT2D eigenvalue weighted by Crippen LogP contribution is -2.57. The quantitative estimate of drug-likeness (QED) is 0.101. The number of rotatable bonds is 18. The van der Waals surface area contributed by atoms with Crippen molar-refractivity contribution in [3.05, 3.63) is 0 Å². The Balaban J connectivity index is 5.51. The maximum atomic E-state index is 13.0. The molecule has 11 N–H and O–H groups in total. The Hall–Kier alpha value is -2.77. The molecular weight excluding hydrogens is 448 g/mol.